The Morgan fingerprint density at radius 1 is 0.931 bits per heavy atom. The Morgan fingerprint density at radius 3 is 2.03 bits per heavy atom. The van der Waals surface area contributed by atoms with Gasteiger partial charge in [-0.2, -0.15) is 0 Å². The highest BCUT2D eigenvalue weighted by Crippen LogP contribution is 2.37. The smallest absolute Gasteiger partial charge is 0.239 e. The highest BCUT2D eigenvalue weighted by molar-refractivity contribution is 6.01. The van der Waals surface area contributed by atoms with Crippen molar-refractivity contribution in [3.63, 3.8) is 0 Å². The van der Waals surface area contributed by atoms with Crippen molar-refractivity contribution >= 4 is 11.6 Å². The van der Waals surface area contributed by atoms with Gasteiger partial charge in [0.25, 0.3) is 0 Å². The number of nitrogens with one attached hydrogen (secondary N) is 1. The third-order valence-electron chi connectivity index (χ3n) is 4.98. The molecule has 1 N–H and O–H groups in total. The van der Waals surface area contributed by atoms with Crippen LogP contribution >= 0.6 is 0 Å². The molecule has 0 unspecified atom stereocenters. The van der Waals surface area contributed by atoms with Crippen LogP contribution in [0, 0.1) is 0 Å². The van der Waals surface area contributed by atoms with Crippen LogP contribution in [0.3, 0.4) is 0 Å². The lowest BCUT2D eigenvalue weighted by Gasteiger charge is -2.32. The minimum absolute atomic E-state index is 0.0905. The van der Waals surface area contributed by atoms with Gasteiger partial charge < -0.3 is 14.8 Å². The first-order chi connectivity index (χ1) is 14.2. The summed E-state index contributed by atoms with van der Waals surface area (Å²) in [6.07, 6.45) is 2.23. The van der Waals surface area contributed by atoms with Gasteiger partial charge in [0.1, 0.15) is 6.61 Å². The van der Waals surface area contributed by atoms with E-state index >= 15 is 0 Å². The van der Waals surface area contributed by atoms with E-state index in [0.717, 1.165) is 11.1 Å². The summed E-state index contributed by atoms with van der Waals surface area (Å²) >= 11 is 0. The number of amides is 1. The molecule has 0 aliphatic carbocycles. The van der Waals surface area contributed by atoms with Crippen molar-refractivity contribution in [3.05, 3.63) is 90.1 Å². The average molecular weight is 390 g/mol. The molecule has 3 rings (SSSR count). The van der Waals surface area contributed by atoms with E-state index in [0.29, 0.717) is 31.2 Å². The summed E-state index contributed by atoms with van der Waals surface area (Å²) in [6, 6.07) is 23.3. The van der Waals surface area contributed by atoms with Gasteiger partial charge in [0.05, 0.1) is 23.9 Å². The lowest BCUT2D eigenvalue weighted by Crippen LogP contribution is -2.41. The van der Waals surface area contributed by atoms with Crippen molar-refractivity contribution in [2.45, 2.75) is 18.8 Å². The Bertz CT molecular complexity index is 857. The van der Waals surface area contributed by atoms with Gasteiger partial charge in [-0.25, -0.2) is 4.98 Å². The zero-order valence-corrected chi connectivity index (χ0v) is 16.8. The Balaban J connectivity index is 1.88. The second kappa shape index (κ2) is 9.85. The number of benzene rings is 2. The summed E-state index contributed by atoms with van der Waals surface area (Å²) in [4.78, 5) is 17.8. The standard InChI is InChI=1S/C24H26N2O3/c1-3-24(19-10-6-4-7-11-19,20-12-8-5-9-13-20)23(27)26-21-14-15-22(25-18-21)29-17-16-28-2/h4-15,18H,3,16-17H2,1-2H3,(H,26,27). The molecule has 0 saturated heterocycles. The third-order valence-corrected chi connectivity index (χ3v) is 4.98. The van der Waals surface area contributed by atoms with Crippen molar-refractivity contribution in [1.82, 2.24) is 4.98 Å². The van der Waals surface area contributed by atoms with Crippen LogP contribution in [0.4, 0.5) is 5.69 Å². The summed E-state index contributed by atoms with van der Waals surface area (Å²) in [6.45, 7) is 2.95. The molecule has 0 aliphatic heterocycles. The minimum atomic E-state index is -0.795. The van der Waals surface area contributed by atoms with Crippen molar-refractivity contribution < 1.29 is 14.3 Å². The maximum Gasteiger partial charge on any atom is 0.239 e. The number of ether oxygens (including phenoxy) is 2. The number of pyridine rings is 1. The average Bonchev–Trinajstić information content (AvgIpc) is 2.78. The molecule has 0 fully saturated rings. The molecular formula is C24H26N2O3. The molecule has 0 saturated carbocycles. The van der Waals surface area contributed by atoms with E-state index in [2.05, 4.69) is 10.3 Å². The van der Waals surface area contributed by atoms with E-state index in [1.807, 2.05) is 67.6 Å². The first-order valence-corrected chi connectivity index (χ1v) is 9.71. The summed E-state index contributed by atoms with van der Waals surface area (Å²) in [5.74, 6) is 0.403. The lowest BCUT2D eigenvalue weighted by molar-refractivity contribution is -0.120. The van der Waals surface area contributed by atoms with Gasteiger partial charge in [-0.15, -0.1) is 0 Å². The fourth-order valence-electron chi connectivity index (χ4n) is 3.45. The number of anilines is 1. The fourth-order valence-corrected chi connectivity index (χ4v) is 3.45. The van der Waals surface area contributed by atoms with E-state index in [4.69, 9.17) is 9.47 Å². The highest BCUT2D eigenvalue weighted by atomic mass is 16.5. The lowest BCUT2D eigenvalue weighted by atomic mass is 9.71. The molecule has 29 heavy (non-hydrogen) atoms. The molecule has 1 heterocycles. The van der Waals surface area contributed by atoms with E-state index in [-0.39, 0.29) is 5.91 Å². The molecule has 0 bridgehead atoms. The normalized spacial score (nSPS) is 11.1. The second-order valence-electron chi connectivity index (χ2n) is 6.67. The van der Waals surface area contributed by atoms with Crippen LogP contribution in [0.5, 0.6) is 5.88 Å². The zero-order chi connectivity index (χ0) is 20.5. The van der Waals surface area contributed by atoms with Crippen LogP contribution in [0.25, 0.3) is 0 Å². The molecule has 0 spiro atoms. The third kappa shape index (κ3) is 4.63. The first kappa shape index (κ1) is 20.6. The maximum absolute atomic E-state index is 13.6. The van der Waals surface area contributed by atoms with Gasteiger partial charge in [0.15, 0.2) is 0 Å². The molecule has 5 heteroatoms. The SMILES string of the molecule is CCC(C(=O)Nc1ccc(OCCOC)nc1)(c1ccccc1)c1ccccc1. The number of methoxy groups -OCH3 is 1. The molecular weight excluding hydrogens is 364 g/mol. The second-order valence-corrected chi connectivity index (χ2v) is 6.67. The Morgan fingerprint density at radius 2 is 1.55 bits per heavy atom. The van der Waals surface area contributed by atoms with Crippen molar-refractivity contribution in [2.75, 3.05) is 25.6 Å². The van der Waals surface area contributed by atoms with Crippen molar-refractivity contribution in [3.8, 4) is 5.88 Å². The maximum atomic E-state index is 13.6. The monoisotopic (exact) mass is 390 g/mol. The molecule has 1 amide bonds. The predicted octanol–water partition coefficient (Wildman–Crippen LogP) is 4.44. The first-order valence-electron chi connectivity index (χ1n) is 9.71. The van der Waals surface area contributed by atoms with Crippen LogP contribution in [0.1, 0.15) is 24.5 Å². The fraction of sp³-hybridized carbons (Fsp3) is 0.250. The number of carbonyl (C=O) groups excluding carboxylic acids is 1. The number of rotatable bonds is 9. The van der Waals surface area contributed by atoms with E-state index in [1.54, 1.807) is 25.4 Å². The van der Waals surface area contributed by atoms with Crippen molar-refractivity contribution in [1.29, 1.82) is 0 Å². The molecule has 1 aromatic heterocycles. The summed E-state index contributed by atoms with van der Waals surface area (Å²) < 4.78 is 10.4. The summed E-state index contributed by atoms with van der Waals surface area (Å²) in [7, 11) is 1.62. The topological polar surface area (TPSA) is 60.5 Å². The zero-order valence-electron chi connectivity index (χ0n) is 16.8. The Hall–Kier alpha value is -3.18. The molecule has 3 aromatic rings. The van der Waals surface area contributed by atoms with Gasteiger partial charge in [0.2, 0.25) is 11.8 Å². The molecule has 2 aromatic carbocycles. The number of hydrogen-bond acceptors (Lipinski definition) is 4. The molecule has 0 aliphatic rings. The van der Waals surface area contributed by atoms with Gasteiger partial charge in [-0.3, -0.25) is 4.79 Å². The van der Waals surface area contributed by atoms with Gasteiger partial charge in [-0.05, 0) is 23.6 Å². The van der Waals surface area contributed by atoms with Crippen LogP contribution in [-0.2, 0) is 14.9 Å². The van der Waals surface area contributed by atoms with E-state index in [1.165, 1.54) is 0 Å². The molecule has 0 atom stereocenters. The number of carbonyl (C=O) groups is 1. The number of aromatic nitrogens is 1. The van der Waals surface area contributed by atoms with E-state index in [9.17, 15) is 4.79 Å². The predicted molar refractivity (Wildman–Crippen MR) is 114 cm³/mol. The van der Waals surface area contributed by atoms with Crippen LogP contribution in [0.15, 0.2) is 79.0 Å². The quantitative estimate of drug-likeness (QED) is 0.549. The van der Waals surface area contributed by atoms with Crippen LogP contribution < -0.4 is 10.1 Å². The van der Waals surface area contributed by atoms with E-state index < -0.39 is 5.41 Å². The van der Waals surface area contributed by atoms with Crippen LogP contribution in [-0.4, -0.2) is 31.2 Å². The van der Waals surface area contributed by atoms with Gasteiger partial charge in [0, 0.05) is 13.2 Å². The highest BCUT2D eigenvalue weighted by Gasteiger charge is 2.40. The minimum Gasteiger partial charge on any atom is -0.475 e. The van der Waals surface area contributed by atoms with Crippen molar-refractivity contribution in [2.24, 2.45) is 0 Å². The molecule has 0 radical (unpaired) electrons. The molecule has 150 valence electrons. The van der Waals surface area contributed by atoms with Gasteiger partial charge in [-0.1, -0.05) is 67.6 Å². The Kier molecular flexibility index (Phi) is 6.98. The largest absolute Gasteiger partial charge is 0.475 e. The van der Waals surface area contributed by atoms with Crippen LogP contribution in [0.2, 0.25) is 0 Å². The van der Waals surface area contributed by atoms with Gasteiger partial charge >= 0.3 is 0 Å². The Labute approximate surface area is 171 Å². The summed E-state index contributed by atoms with van der Waals surface area (Å²) in [5, 5.41) is 3.04. The summed E-state index contributed by atoms with van der Waals surface area (Å²) in [5.41, 5.74) is 1.74. The molecule has 5 nitrogen and oxygen atoms in total. The number of nitrogens with zero attached hydrogens (tertiary/aromatic N) is 1. The number of hydrogen-bond donors (Lipinski definition) is 1.